The van der Waals surface area contributed by atoms with Crippen LogP contribution in [0.3, 0.4) is 0 Å². The Balaban J connectivity index is 1.16. The molecule has 2 atom stereocenters. The van der Waals surface area contributed by atoms with Crippen molar-refractivity contribution >= 4 is 46.2 Å². The number of carbonyl (C=O) groups excluding carboxylic acids is 1. The van der Waals surface area contributed by atoms with Crippen molar-refractivity contribution < 1.29 is 9.53 Å². The van der Waals surface area contributed by atoms with E-state index in [0.717, 1.165) is 79.6 Å². The number of thioether (sulfide) groups is 1. The van der Waals surface area contributed by atoms with Gasteiger partial charge < -0.3 is 25.3 Å². The molecule has 3 aromatic rings. The maximum atomic E-state index is 13.2. The normalized spacial score (nSPS) is 24.2. The summed E-state index contributed by atoms with van der Waals surface area (Å²) in [6.07, 6.45) is 6.06. The van der Waals surface area contributed by atoms with E-state index in [1.807, 2.05) is 36.6 Å². The molecule has 10 heteroatoms. The van der Waals surface area contributed by atoms with Crippen LogP contribution >= 0.6 is 11.8 Å². The van der Waals surface area contributed by atoms with Gasteiger partial charge in [0.05, 0.1) is 30.3 Å². The number of ether oxygens (including phenoxy) is 1. The molecule has 0 spiro atoms. The summed E-state index contributed by atoms with van der Waals surface area (Å²) in [5, 5.41) is 9.13. The number of amides is 1. The average Bonchev–Trinajstić information content (AvgIpc) is 3.46. The fourth-order valence-corrected chi connectivity index (χ4v) is 6.26. The number of morpholine rings is 1. The Morgan fingerprint density at radius 2 is 1.89 bits per heavy atom. The number of hydrogen-bond donors (Lipinski definition) is 3. The van der Waals surface area contributed by atoms with Crippen molar-refractivity contribution in [1.82, 2.24) is 24.8 Å². The Kier molecular flexibility index (Phi) is 6.73. The number of H-pyrrole nitrogens is 1. The predicted octanol–water partition coefficient (Wildman–Crippen LogP) is 3.69. The van der Waals surface area contributed by atoms with E-state index in [-0.39, 0.29) is 24.0 Å². The van der Waals surface area contributed by atoms with Gasteiger partial charge in [-0.1, -0.05) is 12.1 Å². The molecule has 6 rings (SSSR count). The molecule has 3 saturated heterocycles. The summed E-state index contributed by atoms with van der Waals surface area (Å²) in [5.41, 5.74) is 0.898. The van der Waals surface area contributed by atoms with E-state index in [2.05, 4.69) is 31.5 Å². The lowest BCUT2D eigenvalue weighted by Gasteiger charge is -2.40. The molecule has 0 saturated carbocycles. The van der Waals surface area contributed by atoms with Crippen LogP contribution in [0.5, 0.6) is 0 Å². The third-order valence-electron chi connectivity index (χ3n) is 7.55. The van der Waals surface area contributed by atoms with E-state index in [0.29, 0.717) is 12.5 Å². The second kappa shape index (κ2) is 10.3. The van der Waals surface area contributed by atoms with Crippen molar-refractivity contribution in [2.45, 2.75) is 48.8 Å². The van der Waals surface area contributed by atoms with Crippen molar-refractivity contribution in [2.24, 2.45) is 0 Å². The van der Waals surface area contributed by atoms with E-state index in [1.54, 1.807) is 11.8 Å². The first-order valence-electron chi connectivity index (χ1n) is 12.8. The minimum atomic E-state index is 0.248. The van der Waals surface area contributed by atoms with Crippen molar-refractivity contribution in [3.8, 4) is 0 Å². The van der Waals surface area contributed by atoms with Gasteiger partial charge in [-0.2, -0.15) is 4.98 Å². The molecule has 3 aliphatic heterocycles. The summed E-state index contributed by atoms with van der Waals surface area (Å²) in [4.78, 5) is 30.6. The molecule has 2 aromatic heterocycles. The first kappa shape index (κ1) is 23.6. The van der Waals surface area contributed by atoms with E-state index >= 15 is 0 Å². The van der Waals surface area contributed by atoms with Gasteiger partial charge >= 0.3 is 0 Å². The maximum Gasteiger partial charge on any atom is 0.237 e. The maximum absolute atomic E-state index is 13.2. The second-order valence-electron chi connectivity index (χ2n) is 9.87. The van der Waals surface area contributed by atoms with Crippen LogP contribution in [-0.2, 0) is 9.53 Å². The minimum Gasteiger partial charge on any atom is -0.379 e. The van der Waals surface area contributed by atoms with E-state index < -0.39 is 0 Å². The van der Waals surface area contributed by atoms with Crippen LogP contribution in [0.25, 0.3) is 10.9 Å². The summed E-state index contributed by atoms with van der Waals surface area (Å²) in [6.45, 7) is 3.63. The number of anilines is 3. The highest BCUT2D eigenvalue weighted by Gasteiger charge is 2.43. The standard InChI is InChI=1S/C26H33N7O2S/c1-36-23-9-8-22(29-23)30-25-20-4-2-3-5-21(20)28-26(31-25)27-17-14-18-6-7-19(15-17)33(18)24(34)16-32-10-12-35-13-11-32/h2-5,8-9,17-19,29H,6-7,10-16H2,1H3,(H2,27,28,30,31). The molecule has 1 aromatic carbocycles. The number of nitrogens with zero attached hydrogens (tertiary/aromatic N) is 4. The quantitative estimate of drug-likeness (QED) is 0.417. The Bertz CT molecular complexity index is 1210. The van der Waals surface area contributed by atoms with Gasteiger partial charge in [-0.25, -0.2) is 4.98 Å². The van der Waals surface area contributed by atoms with Crippen LogP contribution in [0.4, 0.5) is 17.6 Å². The van der Waals surface area contributed by atoms with Crippen molar-refractivity contribution in [3.63, 3.8) is 0 Å². The van der Waals surface area contributed by atoms with Gasteiger partial charge in [0, 0.05) is 36.6 Å². The summed E-state index contributed by atoms with van der Waals surface area (Å²) < 4.78 is 5.43. The number of nitrogens with one attached hydrogen (secondary N) is 3. The Labute approximate surface area is 215 Å². The van der Waals surface area contributed by atoms with Crippen molar-refractivity contribution in [3.05, 3.63) is 36.4 Å². The van der Waals surface area contributed by atoms with E-state index in [1.165, 1.54) is 0 Å². The summed E-state index contributed by atoms with van der Waals surface area (Å²) >= 11 is 1.67. The largest absolute Gasteiger partial charge is 0.379 e. The van der Waals surface area contributed by atoms with Crippen LogP contribution in [-0.4, -0.2) is 87.9 Å². The summed E-state index contributed by atoms with van der Waals surface area (Å²) in [5.74, 6) is 2.58. The number of carbonyl (C=O) groups is 1. The highest BCUT2D eigenvalue weighted by molar-refractivity contribution is 7.98. The van der Waals surface area contributed by atoms with Crippen LogP contribution < -0.4 is 10.6 Å². The van der Waals surface area contributed by atoms with Gasteiger partial charge in [-0.3, -0.25) is 9.69 Å². The second-order valence-corrected chi connectivity index (χ2v) is 10.7. The molecule has 36 heavy (non-hydrogen) atoms. The van der Waals surface area contributed by atoms with Crippen LogP contribution in [0.1, 0.15) is 25.7 Å². The van der Waals surface area contributed by atoms with Gasteiger partial charge in [0.15, 0.2) is 0 Å². The van der Waals surface area contributed by atoms with Gasteiger partial charge in [-0.05, 0) is 56.2 Å². The zero-order valence-electron chi connectivity index (χ0n) is 20.6. The molecule has 3 fully saturated rings. The molecule has 1 amide bonds. The van der Waals surface area contributed by atoms with Gasteiger partial charge in [0.1, 0.15) is 11.6 Å². The molecular weight excluding hydrogens is 474 g/mol. The monoisotopic (exact) mass is 507 g/mol. The van der Waals surface area contributed by atoms with Crippen molar-refractivity contribution in [1.29, 1.82) is 0 Å². The van der Waals surface area contributed by atoms with Crippen LogP contribution in [0.15, 0.2) is 41.4 Å². The number of rotatable bonds is 7. The number of fused-ring (bicyclic) bond motifs is 3. The summed E-state index contributed by atoms with van der Waals surface area (Å²) in [7, 11) is 0. The Morgan fingerprint density at radius 3 is 2.64 bits per heavy atom. The lowest BCUT2D eigenvalue weighted by molar-refractivity contribution is -0.137. The topological polar surface area (TPSA) is 98.4 Å². The number of aromatic amines is 1. The number of hydrogen-bond acceptors (Lipinski definition) is 8. The molecule has 5 heterocycles. The third kappa shape index (κ3) is 4.89. The number of para-hydroxylation sites is 1. The molecule has 0 radical (unpaired) electrons. The molecule has 3 N–H and O–H groups in total. The Hall–Kier alpha value is -2.82. The molecular formula is C26H33N7O2S. The fourth-order valence-electron chi connectivity index (χ4n) is 5.85. The molecule has 0 aliphatic carbocycles. The molecule has 2 bridgehead atoms. The first-order valence-corrected chi connectivity index (χ1v) is 14.0. The average molecular weight is 508 g/mol. The van der Waals surface area contributed by atoms with E-state index in [9.17, 15) is 4.79 Å². The zero-order valence-corrected chi connectivity index (χ0v) is 21.4. The lowest BCUT2D eigenvalue weighted by atomic mass is 9.97. The van der Waals surface area contributed by atoms with E-state index in [4.69, 9.17) is 14.7 Å². The SMILES string of the molecule is CSc1ccc(Nc2nc(NC3CC4CCC(C3)N4C(=O)CN3CCOCC3)nc3ccccc23)[nH]1. The Morgan fingerprint density at radius 1 is 1.11 bits per heavy atom. The number of piperidine rings is 1. The lowest BCUT2D eigenvalue weighted by Crippen LogP contribution is -2.53. The van der Waals surface area contributed by atoms with Crippen LogP contribution in [0.2, 0.25) is 0 Å². The van der Waals surface area contributed by atoms with Gasteiger partial charge in [0.2, 0.25) is 11.9 Å². The molecule has 190 valence electrons. The van der Waals surface area contributed by atoms with Gasteiger partial charge in [-0.15, -0.1) is 11.8 Å². The fraction of sp³-hybridized carbons (Fsp3) is 0.500. The first-order chi connectivity index (χ1) is 17.7. The number of aromatic nitrogens is 3. The minimum absolute atomic E-state index is 0.248. The third-order valence-corrected chi connectivity index (χ3v) is 8.23. The van der Waals surface area contributed by atoms with Crippen molar-refractivity contribution in [2.75, 3.05) is 49.7 Å². The molecule has 2 unspecified atom stereocenters. The van der Waals surface area contributed by atoms with Crippen LogP contribution in [0, 0.1) is 0 Å². The zero-order chi connectivity index (χ0) is 24.5. The molecule has 3 aliphatic rings. The predicted molar refractivity (Wildman–Crippen MR) is 143 cm³/mol. The number of benzene rings is 1. The molecule has 9 nitrogen and oxygen atoms in total. The van der Waals surface area contributed by atoms with Gasteiger partial charge in [0.25, 0.3) is 0 Å². The summed E-state index contributed by atoms with van der Waals surface area (Å²) in [6, 6.07) is 13.0. The highest BCUT2D eigenvalue weighted by Crippen LogP contribution is 2.37. The highest BCUT2D eigenvalue weighted by atomic mass is 32.2. The smallest absolute Gasteiger partial charge is 0.237 e.